The molecule has 1 saturated heterocycles. The molecular formula is C14H22Cl2N2O3. The summed E-state index contributed by atoms with van der Waals surface area (Å²) in [6.45, 7) is 3.70. The van der Waals surface area contributed by atoms with Gasteiger partial charge in [-0.25, -0.2) is 0 Å². The smallest absolute Gasteiger partial charge is 0.127 e. The largest absolute Gasteiger partial charge is 0.508 e. The van der Waals surface area contributed by atoms with E-state index in [1.807, 2.05) is 0 Å². The molecule has 1 aromatic carbocycles. The summed E-state index contributed by atoms with van der Waals surface area (Å²) in [4.78, 5) is 2.32. The summed E-state index contributed by atoms with van der Waals surface area (Å²) in [5.41, 5.74) is 0.571. The molecule has 1 aliphatic carbocycles. The number of benzene rings is 1. The Morgan fingerprint density at radius 3 is 2.00 bits per heavy atom. The lowest BCUT2D eigenvalue weighted by atomic mass is 9.97. The molecule has 5 nitrogen and oxygen atoms in total. The minimum Gasteiger partial charge on any atom is -0.508 e. The summed E-state index contributed by atoms with van der Waals surface area (Å²) in [5.74, 6) is 0.383. The second kappa shape index (κ2) is 7.40. The lowest BCUT2D eigenvalue weighted by Gasteiger charge is -2.36. The highest BCUT2D eigenvalue weighted by molar-refractivity contribution is 5.85. The number of halogens is 2. The minimum absolute atomic E-state index is 0. The molecule has 0 bridgehead atoms. The van der Waals surface area contributed by atoms with Crippen LogP contribution in [0.15, 0.2) is 12.1 Å². The average molecular weight is 337 g/mol. The van der Waals surface area contributed by atoms with Gasteiger partial charge in [-0.15, -0.1) is 24.8 Å². The van der Waals surface area contributed by atoms with Crippen LogP contribution in [0, 0.1) is 5.92 Å². The number of hydrogen-bond acceptors (Lipinski definition) is 5. The third kappa shape index (κ3) is 3.86. The highest BCUT2D eigenvalue weighted by atomic mass is 35.5. The maximum absolute atomic E-state index is 10.1. The molecule has 21 heavy (non-hydrogen) atoms. The number of hydrogen-bond donors (Lipinski definition) is 4. The molecule has 2 aliphatic rings. The number of aromatic hydroxyl groups is 3. The van der Waals surface area contributed by atoms with Crippen molar-refractivity contribution < 1.29 is 15.3 Å². The van der Waals surface area contributed by atoms with Crippen molar-refractivity contribution in [3.8, 4) is 17.2 Å². The van der Waals surface area contributed by atoms with Crippen molar-refractivity contribution in [2.24, 2.45) is 5.92 Å². The zero-order chi connectivity index (χ0) is 13.4. The molecule has 0 spiro atoms. The molecule has 0 unspecified atom stereocenters. The standard InChI is InChI=1S/C14H20N2O3.2ClH/c17-10-7-11(18)13(12(19)8-10)14(9-1-2-9)16-5-3-15-4-6-16;;/h7-9,14-15,17-19H,1-6H2;2*1H/t14-;;/m0../s1. The van der Waals surface area contributed by atoms with E-state index in [0.29, 0.717) is 11.5 Å². The van der Waals surface area contributed by atoms with Gasteiger partial charge in [0, 0.05) is 44.4 Å². The van der Waals surface area contributed by atoms with Crippen molar-refractivity contribution in [3.63, 3.8) is 0 Å². The van der Waals surface area contributed by atoms with Crippen LogP contribution in [-0.4, -0.2) is 46.4 Å². The fourth-order valence-electron chi connectivity index (χ4n) is 3.00. The van der Waals surface area contributed by atoms with E-state index in [4.69, 9.17) is 0 Å². The van der Waals surface area contributed by atoms with Crippen molar-refractivity contribution in [3.05, 3.63) is 17.7 Å². The first-order valence-electron chi connectivity index (χ1n) is 6.86. The molecule has 1 heterocycles. The lowest BCUT2D eigenvalue weighted by Crippen LogP contribution is -2.45. The Bertz CT molecular complexity index is 454. The normalized spacial score (nSPS) is 20.2. The SMILES string of the molecule is Cl.Cl.Oc1cc(O)c([C@H](C2CC2)N2CCNCC2)c(O)c1. The molecule has 3 rings (SSSR count). The maximum atomic E-state index is 10.1. The molecule has 0 aromatic heterocycles. The number of rotatable bonds is 3. The van der Waals surface area contributed by atoms with E-state index < -0.39 is 0 Å². The van der Waals surface area contributed by atoms with Gasteiger partial charge in [0.25, 0.3) is 0 Å². The Morgan fingerprint density at radius 1 is 1.00 bits per heavy atom. The van der Waals surface area contributed by atoms with E-state index in [1.165, 1.54) is 12.1 Å². The minimum atomic E-state index is -0.103. The van der Waals surface area contributed by atoms with Gasteiger partial charge in [0.2, 0.25) is 0 Å². The van der Waals surface area contributed by atoms with E-state index in [-0.39, 0.29) is 48.1 Å². The van der Waals surface area contributed by atoms with Gasteiger partial charge in [0.15, 0.2) is 0 Å². The first kappa shape index (κ1) is 18.2. The highest BCUT2D eigenvalue weighted by Gasteiger charge is 2.39. The predicted molar refractivity (Wildman–Crippen MR) is 85.8 cm³/mol. The van der Waals surface area contributed by atoms with Crippen LogP contribution in [-0.2, 0) is 0 Å². The van der Waals surface area contributed by atoms with Crippen LogP contribution in [0.25, 0.3) is 0 Å². The monoisotopic (exact) mass is 336 g/mol. The van der Waals surface area contributed by atoms with Crippen molar-refractivity contribution in [1.29, 1.82) is 0 Å². The van der Waals surface area contributed by atoms with Crippen molar-refractivity contribution in [1.82, 2.24) is 10.2 Å². The Labute approximate surface area is 136 Å². The molecule has 7 heteroatoms. The van der Waals surface area contributed by atoms with Crippen LogP contribution in [0.2, 0.25) is 0 Å². The average Bonchev–Trinajstić information content (AvgIpc) is 3.18. The van der Waals surface area contributed by atoms with Gasteiger partial charge in [-0.1, -0.05) is 0 Å². The van der Waals surface area contributed by atoms with Gasteiger partial charge in [0.05, 0.1) is 5.56 Å². The third-order valence-corrected chi connectivity index (χ3v) is 4.03. The van der Waals surface area contributed by atoms with Gasteiger partial charge in [-0.05, 0) is 18.8 Å². The molecule has 1 atom stereocenters. The topological polar surface area (TPSA) is 76.0 Å². The molecule has 2 fully saturated rings. The molecule has 1 aromatic rings. The number of piperazine rings is 1. The summed E-state index contributed by atoms with van der Waals surface area (Å²) in [6.07, 6.45) is 2.27. The number of phenolic OH excluding ortho intramolecular Hbond substituents is 3. The summed E-state index contributed by atoms with van der Waals surface area (Å²) < 4.78 is 0. The Hall–Kier alpha value is -0.880. The van der Waals surface area contributed by atoms with Crippen LogP contribution in [0.5, 0.6) is 17.2 Å². The fourth-order valence-corrected chi connectivity index (χ4v) is 3.00. The van der Waals surface area contributed by atoms with Crippen molar-refractivity contribution in [2.75, 3.05) is 26.2 Å². The highest BCUT2D eigenvalue weighted by Crippen LogP contribution is 2.50. The molecule has 120 valence electrons. The second-order valence-corrected chi connectivity index (χ2v) is 5.47. The van der Waals surface area contributed by atoms with Crippen LogP contribution >= 0.6 is 24.8 Å². The number of nitrogens with one attached hydrogen (secondary N) is 1. The molecule has 0 radical (unpaired) electrons. The lowest BCUT2D eigenvalue weighted by molar-refractivity contribution is 0.151. The Balaban J connectivity index is 0.00000110. The summed E-state index contributed by atoms with van der Waals surface area (Å²) >= 11 is 0. The van der Waals surface area contributed by atoms with Gasteiger partial charge in [-0.3, -0.25) is 4.90 Å². The fraction of sp³-hybridized carbons (Fsp3) is 0.571. The quantitative estimate of drug-likeness (QED) is 0.679. The van der Waals surface area contributed by atoms with Crippen LogP contribution in [0.4, 0.5) is 0 Å². The summed E-state index contributed by atoms with van der Waals surface area (Å²) in [6, 6.07) is 2.68. The molecule has 1 saturated carbocycles. The first-order valence-corrected chi connectivity index (χ1v) is 6.86. The summed E-state index contributed by atoms with van der Waals surface area (Å²) in [7, 11) is 0. The second-order valence-electron chi connectivity index (χ2n) is 5.47. The van der Waals surface area contributed by atoms with Gasteiger partial charge in [-0.2, -0.15) is 0 Å². The molecule has 4 N–H and O–H groups in total. The van der Waals surface area contributed by atoms with E-state index >= 15 is 0 Å². The molecular weight excluding hydrogens is 315 g/mol. The van der Waals surface area contributed by atoms with Gasteiger partial charge >= 0.3 is 0 Å². The zero-order valence-electron chi connectivity index (χ0n) is 11.7. The molecule has 0 amide bonds. The first-order chi connectivity index (χ1) is 9.16. The van der Waals surface area contributed by atoms with Gasteiger partial charge < -0.3 is 20.6 Å². The summed E-state index contributed by atoms with van der Waals surface area (Å²) in [5, 5.41) is 32.9. The Kier molecular flexibility index (Phi) is 6.41. The number of nitrogens with zero attached hydrogens (tertiary/aromatic N) is 1. The third-order valence-electron chi connectivity index (χ3n) is 4.03. The van der Waals surface area contributed by atoms with Crippen molar-refractivity contribution >= 4 is 24.8 Å². The van der Waals surface area contributed by atoms with E-state index in [1.54, 1.807) is 0 Å². The number of phenols is 3. The van der Waals surface area contributed by atoms with Crippen molar-refractivity contribution in [2.45, 2.75) is 18.9 Å². The Morgan fingerprint density at radius 2 is 1.52 bits per heavy atom. The van der Waals surface area contributed by atoms with Crippen LogP contribution in [0.1, 0.15) is 24.4 Å². The van der Waals surface area contributed by atoms with E-state index in [0.717, 1.165) is 39.0 Å². The maximum Gasteiger partial charge on any atom is 0.127 e. The molecule has 1 aliphatic heterocycles. The van der Waals surface area contributed by atoms with Crippen LogP contribution in [0.3, 0.4) is 0 Å². The van der Waals surface area contributed by atoms with E-state index in [2.05, 4.69) is 10.2 Å². The van der Waals surface area contributed by atoms with Gasteiger partial charge in [0.1, 0.15) is 17.2 Å². The zero-order valence-corrected chi connectivity index (χ0v) is 13.3. The predicted octanol–water partition coefficient (Wildman–Crippen LogP) is 2.00. The van der Waals surface area contributed by atoms with Crippen LogP contribution < -0.4 is 5.32 Å². The van der Waals surface area contributed by atoms with E-state index in [9.17, 15) is 15.3 Å².